The van der Waals surface area contributed by atoms with E-state index in [0.29, 0.717) is 11.3 Å². The first-order chi connectivity index (χ1) is 16.5. The molecule has 1 aromatic carbocycles. The van der Waals surface area contributed by atoms with E-state index in [1.165, 1.54) is 12.1 Å². The van der Waals surface area contributed by atoms with Crippen LogP contribution in [0, 0.1) is 12.7 Å². The Kier molecular flexibility index (Phi) is 7.02. The molecule has 10 heteroatoms. The number of carbonyl (C=O) groups is 1. The fraction of sp³-hybridized carbons (Fsp3) is 0.400. The Morgan fingerprint density at radius 3 is 2.77 bits per heavy atom. The molecule has 4 rings (SSSR count). The van der Waals surface area contributed by atoms with Gasteiger partial charge in [0.25, 0.3) is 0 Å². The van der Waals surface area contributed by atoms with Crippen LogP contribution < -0.4 is 16.4 Å². The summed E-state index contributed by atoms with van der Waals surface area (Å²) in [5.41, 5.74) is 9.39. The lowest BCUT2D eigenvalue weighted by Gasteiger charge is -2.22. The van der Waals surface area contributed by atoms with Crippen molar-refractivity contribution in [3.8, 4) is 0 Å². The molecule has 0 aliphatic heterocycles. The van der Waals surface area contributed by atoms with Crippen LogP contribution in [0.25, 0.3) is 5.52 Å². The zero-order chi connectivity index (χ0) is 25.3. The maximum atomic E-state index is 13.8. The number of aliphatic imine (C=N–C) groups is 1. The number of benzene rings is 1. The molecule has 1 aliphatic carbocycles. The normalized spacial score (nSPS) is 18.6. The summed E-state index contributed by atoms with van der Waals surface area (Å²) in [6.45, 7) is 7.38. The zero-order valence-corrected chi connectivity index (χ0v) is 21.8. The first-order valence-corrected chi connectivity index (χ1v) is 12.3. The van der Waals surface area contributed by atoms with Gasteiger partial charge in [0.2, 0.25) is 0 Å². The molecule has 2 heterocycles. The van der Waals surface area contributed by atoms with Gasteiger partial charge in [-0.3, -0.25) is 0 Å². The van der Waals surface area contributed by atoms with E-state index in [-0.39, 0.29) is 23.7 Å². The van der Waals surface area contributed by atoms with Crippen molar-refractivity contribution in [1.82, 2.24) is 14.9 Å². The summed E-state index contributed by atoms with van der Waals surface area (Å²) >= 11 is 3.51. The van der Waals surface area contributed by atoms with Gasteiger partial charge in [0.15, 0.2) is 0 Å². The number of nitrogens with zero attached hydrogens (tertiary/aromatic N) is 3. The highest BCUT2D eigenvalue weighted by molar-refractivity contribution is 9.10. The number of rotatable bonds is 5. The molecule has 3 aromatic rings. The Labute approximate surface area is 212 Å². The highest BCUT2D eigenvalue weighted by Crippen LogP contribution is 2.31. The SMILES string of the molecule is Cc1ccc(F)cc1N=C(N)c1cnn2cc(Br)cc2c1N[C@@H]1CC[C@H](NC(=O)OC(C)(C)C)C1. The van der Waals surface area contributed by atoms with Crippen LogP contribution in [0.1, 0.15) is 51.2 Å². The highest BCUT2D eigenvalue weighted by atomic mass is 79.9. The Balaban J connectivity index is 1.60. The maximum absolute atomic E-state index is 13.8. The van der Waals surface area contributed by atoms with Crippen molar-refractivity contribution in [3.05, 3.63) is 58.1 Å². The maximum Gasteiger partial charge on any atom is 0.407 e. The molecule has 0 bridgehead atoms. The van der Waals surface area contributed by atoms with Crippen molar-refractivity contribution in [2.45, 2.75) is 64.6 Å². The summed E-state index contributed by atoms with van der Waals surface area (Å²) in [6.07, 6.45) is 5.51. The van der Waals surface area contributed by atoms with Crippen LogP contribution in [-0.2, 0) is 4.74 Å². The molecular formula is C25H30BrFN6O2. The third-order valence-electron chi connectivity index (χ3n) is 5.79. The molecule has 186 valence electrons. The summed E-state index contributed by atoms with van der Waals surface area (Å²) < 4.78 is 21.8. The van der Waals surface area contributed by atoms with Crippen LogP contribution >= 0.6 is 15.9 Å². The second kappa shape index (κ2) is 9.85. The van der Waals surface area contributed by atoms with E-state index in [2.05, 4.69) is 36.7 Å². The van der Waals surface area contributed by atoms with Gasteiger partial charge in [0, 0.05) is 22.8 Å². The number of aryl methyl sites for hydroxylation is 1. The molecule has 2 aromatic heterocycles. The van der Waals surface area contributed by atoms with E-state index in [0.717, 1.165) is 40.5 Å². The largest absolute Gasteiger partial charge is 0.444 e. The van der Waals surface area contributed by atoms with Gasteiger partial charge in [-0.1, -0.05) is 6.07 Å². The number of hydrogen-bond donors (Lipinski definition) is 3. The standard InChI is InChI=1S/C25H30BrFN6O2/c1-14-5-6-16(27)10-20(14)32-23(28)19-12-29-33-13-15(26)9-21(33)22(19)30-17-7-8-18(11-17)31-24(34)35-25(2,3)4/h5-6,9-10,12-13,17-18,30H,7-8,11H2,1-4H3,(H2,28,32)(H,31,34)/t17-,18+/m1/s1. The minimum absolute atomic E-state index is 0.00290. The molecule has 1 amide bonds. The van der Waals surface area contributed by atoms with Gasteiger partial charge in [0.05, 0.1) is 28.7 Å². The second-order valence-electron chi connectivity index (χ2n) is 9.85. The number of nitrogens with one attached hydrogen (secondary N) is 2. The molecule has 0 spiro atoms. The Bertz CT molecular complexity index is 1280. The lowest BCUT2D eigenvalue weighted by molar-refractivity contribution is 0.0505. The zero-order valence-electron chi connectivity index (χ0n) is 20.2. The molecule has 0 saturated heterocycles. The number of alkyl carbamates (subject to hydrolysis) is 1. The number of aromatic nitrogens is 2. The smallest absolute Gasteiger partial charge is 0.407 e. The van der Waals surface area contributed by atoms with Gasteiger partial charge in [-0.05, 0) is 86.6 Å². The Morgan fingerprint density at radius 2 is 2.03 bits per heavy atom. The molecule has 0 unspecified atom stereocenters. The van der Waals surface area contributed by atoms with Crippen molar-refractivity contribution < 1.29 is 13.9 Å². The van der Waals surface area contributed by atoms with Crippen LogP contribution in [-0.4, -0.2) is 39.2 Å². The van der Waals surface area contributed by atoms with E-state index in [1.54, 1.807) is 16.8 Å². The summed E-state index contributed by atoms with van der Waals surface area (Å²) in [4.78, 5) is 16.7. The molecule has 0 radical (unpaired) electrons. The Hall–Kier alpha value is -3.14. The summed E-state index contributed by atoms with van der Waals surface area (Å²) in [5.74, 6) is -0.144. The van der Waals surface area contributed by atoms with Crippen LogP contribution in [0.15, 0.2) is 46.1 Å². The van der Waals surface area contributed by atoms with Gasteiger partial charge >= 0.3 is 6.09 Å². The average Bonchev–Trinajstić information content (AvgIpc) is 3.34. The van der Waals surface area contributed by atoms with Crippen LogP contribution in [0.3, 0.4) is 0 Å². The number of nitrogens with two attached hydrogens (primary N) is 1. The highest BCUT2D eigenvalue weighted by Gasteiger charge is 2.29. The lowest BCUT2D eigenvalue weighted by Crippen LogP contribution is -2.38. The molecule has 2 atom stereocenters. The minimum Gasteiger partial charge on any atom is -0.444 e. The molecule has 8 nitrogen and oxygen atoms in total. The van der Waals surface area contributed by atoms with Gasteiger partial charge in [0.1, 0.15) is 17.3 Å². The topological polar surface area (TPSA) is 106 Å². The predicted molar refractivity (Wildman–Crippen MR) is 139 cm³/mol. The van der Waals surface area contributed by atoms with Gasteiger partial charge < -0.3 is 21.1 Å². The molecule has 4 N–H and O–H groups in total. The average molecular weight is 545 g/mol. The fourth-order valence-electron chi connectivity index (χ4n) is 4.19. The van der Waals surface area contributed by atoms with E-state index in [4.69, 9.17) is 10.5 Å². The number of fused-ring (bicyclic) bond motifs is 1. The summed E-state index contributed by atoms with van der Waals surface area (Å²) in [7, 11) is 0. The number of halogens is 2. The van der Waals surface area contributed by atoms with E-state index >= 15 is 0 Å². The summed E-state index contributed by atoms with van der Waals surface area (Å²) in [5, 5.41) is 11.0. The molecule has 1 aliphatic rings. The first-order valence-electron chi connectivity index (χ1n) is 11.5. The van der Waals surface area contributed by atoms with Crippen molar-refractivity contribution >= 4 is 44.8 Å². The third-order valence-corrected chi connectivity index (χ3v) is 6.23. The fourth-order valence-corrected chi connectivity index (χ4v) is 4.60. The molecule has 1 saturated carbocycles. The van der Waals surface area contributed by atoms with Crippen molar-refractivity contribution in [3.63, 3.8) is 0 Å². The van der Waals surface area contributed by atoms with E-state index < -0.39 is 11.7 Å². The van der Waals surface area contributed by atoms with Crippen LogP contribution in [0.5, 0.6) is 0 Å². The minimum atomic E-state index is -0.544. The lowest BCUT2D eigenvalue weighted by atomic mass is 10.1. The van der Waals surface area contributed by atoms with Gasteiger partial charge in [-0.25, -0.2) is 18.7 Å². The van der Waals surface area contributed by atoms with Crippen molar-refractivity contribution in [2.24, 2.45) is 10.7 Å². The predicted octanol–water partition coefficient (Wildman–Crippen LogP) is 5.44. The second-order valence-corrected chi connectivity index (χ2v) is 10.8. The van der Waals surface area contributed by atoms with Crippen molar-refractivity contribution in [2.75, 3.05) is 5.32 Å². The molecule has 1 fully saturated rings. The Morgan fingerprint density at radius 1 is 1.29 bits per heavy atom. The first kappa shape index (κ1) is 25.0. The van der Waals surface area contributed by atoms with E-state index in [1.807, 2.05) is 40.0 Å². The number of anilines is 1. The number of ether oxygens (including phenoxy) is 1. The van der Waals surface area contributed by atoms with E-state index in [9.17, 15) is 9.18 Å². The third kappa shape index (κ3) is 6.11. The number of amides is 1. The number of amidine groups is 1. The summed E-state index contributed by atoms with van der Waals surface area (Å²) in [6, 6.07) is 6.47. The van der Waals surface area contributed by atoms with Crippen LogP contribution in [0.2, 0.25) is 0 Å². The monoisotopic (exact) mass is 544 g/mol. The molecule has 35 heavy (non-hydrogen) atoms. The van der Waals surface area contributed by atoms with Crippen LogP contribution in [0.4, 0.5) is 20.6 Å². The number of carbonyl (C=O) groups excluding carboxylic acids is 1. The van der Waals surface area contributed by atoms with Gasteiger partial charge in [-0.2, -0.15) is 5.10 Å². The number of hydrogen-bond acceptors (Lipinski definition) is 5. The quantitative estimate of drug-likeness (QED) is 0.293. The van der Waals surface area contributed by atoms with Gasteiger partial charge in [-0.15, -0.1) is 0 Å². The van der Waals surface area contributed by atoms with Crippen molar-refractivity contribution in [1.29, 1.82) is 0 Å². The molecular weight excluding hydrogens is 515 g/mol.